The Balaban J connectivity index is 0.846. The maximum atomic E-state index is 13.2. The molecule has 47 nitrogen and oxygen atoms in total. The van der Waals surface area contributed by atoms with Crippen LogP contribution in [0.5, 0.6) is 0 Å². The number of hydrogen-bond acceptors (Lipinski definition) is 45. The van der Waals surface area contributed by atoms with Crippen molar-refractivity contribution in [3.63, 3.8) is 0 Å². The molecule has 0 aromatic carbocycles. The van der Waals surface area contributed by atoms with Gasteiger partial charge in [0, 0.05) is 13.8 Å². The van der Waals surface area contributed by atoms with Crippen molar-refractivity contribution >= 4 is 11.8 Å². The summed E-state index contributed by atoms with van der Waals surface area (Å²) in [5, 5.41) is 273. The molecule has 26 N–H and O–H groups in total. The van der Waals surface area contributed by atoms with Crippen LogP contribution in [0.25, 0.3) is 0 Å². The number of ether oxygens (including phenoxy) is 19. The minimum Gasteiger partial charge on any atom is -0.394 e. The van der Waals surface area contributed by atoms with Crippen LogP contribution in [-0.4, -0.2) is 468 Å². The number of aliphatic hydroxyl groups is 24. The summed E-state index contributed by atoms with van der Waals surface area (Å²) >= 11 is 0. The van der Waals surface area contributed by atoms with Crippen LogP contribution >= 0.6 is 0 Å². The fraction of sp³-hybridized carbons (Fsp3) is 0.969. The second kappa shape index (κ2) is 38.1. The fourth-order valence-corrected chi connectivity index (χ4v) is 14.9. The van der Waals surface area contributed by atoms with Crippen molar-refractivity contribution < 1.29 is 222 Å². The molecule has 0 aliphatic carbocycles. The highest BCUT2D eigenvalue weighted by Gasteiger charge is 2.61. The Morgan fingerprint density at radius 1 is 0.234 bits per heavy atom. The number of rotatable bonds is 24. The number of nitrogens with one attached hydrogen (secondary N) is 2. The molecule has 10 aliphatic heterocycles. The zero-order valence-corrected chi connectivity index (χ0v) is 61.0. The molecule has 10 aliphatic rings. The van der Waals surface area contributed by atoms with E-state index in [0.717, 1.165) is 13.8 Å². The lowest BCUT2D eigenvalue weighted by Crippen LogP contribution is -2.70. The molecule has 10 fully saturated rings. The first kappa shape index (κ1) is 90.5. The molecule has 0 aromatic rings. The maximum Gasteiger partial charge on any atom is 0.217 e. The van der Waals surface area contributed by atoms with E-state index in [1.54, 1.807) is 0 Å². The average molecular weight is 1630 g/mol. The smallest absolute Gasteiger partial charge is 0.217 e. The lowest BCUT2D eigenvalue weighted by atomic mass is 9.94. The second-order valence-electron chi connectivity index (χ2n) is 29.4. The molecular weight excluding hydrogens is 1520 g/mol. The van der Waals surface area contributed by atoms with Crippen molar-refractivity contribution in [2.75, 3.05) is 26.4 Å². The van der Waals surface area contributed by atoms with Crippen LogP contribution in [0, 0.1) is 0 Å². The summed E-state index contributed by atoms with van der Waals surface area (Å²) in [5.74, 6) is -1.68. The number of amides is 2. The van der Waals surface area contributed by atoms with Crippen molar-refractivity contribution in [3.8, 4) is 0 Å². The average Bonchev–Trinajstić information content (AvgIpc) is 0.772. The van der Waals surface area contributed by atoms with Gasteiger partial charge in [-0.2, -0.15) is 0 Å². The highest BCUT2D eigenvalue weighted by molar-refractivity contribution is 5.73. The van der Waals surface area contributed by atoms with Gasteiger partial charge in [-0.15, -0.1) is 0 Å². The van der Waals surface area contributed by atoms with Gasteiger partial charge in [0.05, 0.1) is 63.1 Å². The van der Waals surface area contributed by atoms with E-state index in [9.17, 15) is 132 Å². The van der Waals surface area contributed by atoms with Crippen molar-refractivity contribution in [1.29, 1.82) is 0 Å². The molecule has 10 saturated heterocycles. The maximum absolute atomic E-state index is 13.2. The van der Waals surface area contributed by atoms with Crippen LogP contribution in [0.4, 0.5) is 0 Å². The highest BCUT2D eigenvalue weighted by atomic mass is 16.8. The zero-order valence-electron chi connectivity index (χ0n) is 61.0. The highest BCUT2D eigenvalue weighted by Crippen LogP contribution is 2.41. The van der Waals surface area contributed by atoms with Crippen molar-refractivity contribution in [2.45, 2.75) is 362 Å². The minimum absolute atomic E-state index is 0.769. The molecular formula is C64H108N2O45. The van der Waals surface area contributed by atoms with Gasteiger partial charge in [-0.1, -0.05) is 0 Å². The van der Waals surface area contributed by atoms with Crippen LogP contribution < -0.4 is 10.6 Å². The van der Waals surface area contributed by atoms with Crippen LogP contribution in [0.1, 0.15) is 55.4 Å². The Bertz CT molecular complexity index is 2940. The molecule has 111 heavy (non-hydrogen) atoms. The molecule has 0 radical (unpaired) electrons. The normalized spacial score (nSPS) is 53.6. The summed E-state index contributed by atoms with van der Waals surface area (Å²) in [6.45, 7) is 5.68. The van der Waals surface area contributed by atoms with Gasteiger partial charge in [0.1, 0.15) is 207 Å². The van der Waals surface area contributed by atoms with Crippen molar-refractivity contribution in [1.82, 2.24) is 10.6 Å². The monoisotopic (exact) mass is 1620 g/mol. The van der Waals surface area contributed by atoms with Crippen molar-refractivity contribution in [2.24, 2.45) is 0 Å². The molecule has 0 spiro atoms. The van der Waals surface area contributed by atoms with E-state index < -0.39 is 345 Å². The molecule has 644 valence electrons. The lowest BCUT2D eigenvalue weighted by molar-refractivity contribution is -0.405. The Hall–Kier alpha value is -2.78. The summed E-state index contributed by atoms with van der Waals surface area (Å²) in [5.41, 5.74) is 0. The molecule has 0 saturated carbocycles. The van der Waals surface area contributed by atoms with Crippen LogP contribution in [-0.2, 0) is 99.6 Å². The quantitative estimate of drug-likeness (QED) is 0.0427. The first-order valence-electron chi connectivity index (χ1n) is 36.3. The Morgan fingerprint density at radius 2 is 0.486 bits per heavy atom. The van der Waals surface area contributed by atoms with Gasteiger partial charge in [-0.05, 0) is 41.5 Å². The van der Waals surface area contributed by atoms with Gasteiger partial charge in [-0.25, -0.2) is 0 Å². The van der Waals surface area contributed by atoms with Gasteiger partial charge in [0.25, 0.3) is 0 Å². The minimum atomic E-state index is -2.30. The predicted octanol–water partition coefficient (Wildman–Crippen LogP) is -16.4. The standard InChI is InChI=1S/C64H108N2O45/c1-13-29(75)38(84)53(110-63-51(36(82)27(73)15(3)96-63)108-56-25(65-19(7)71)35(81)31(77)21(9-67)99-56)61(94-13)107-50-34(80)24(12-70)102-60(45(50)91)104-47-18(6)98-58(43(89)41(47)87)105-48-26(66-20(8)72)57(100-22(10-68)32(48)78)109-52-37(83)28(74)16(4)97-64(52)111-54-39(85)30(76)14(2)95-62(54)106-49-33(79)23(11-69)101-59(44(49)90)103-46-17(5)93-55(92)42(88)40(46)86/h13-18,21-64,67-70,73-92H,9-12H2,1-8H3,(H,65,71)(H,66,72)/t13-,14-,15-,16-,17-,18-,21+,22+,23+,24+,25+,26+,27-,28-,29-,30-,31+,32+,33+,34+,35+,36+,37+,38+,39+,40-,41-,42+,43+,44+,45+,46-,47-,48+,49-,50-,51+,52+,53+,54+,55+,56-,57-,58-,59+,60+,61-,62-,63-,64-/m0/s1. The third kappa shape index (κ3) is 19.1. The van der Waals surface area contributed by atoms with Gasteiger partial charge in [-0.3, -0.25) is 9.59 Å². The molecule has 0 unspecified atom stereocenters. The lowest BCUT2D eigenvalue weighted by Gasteiger charge is -2.51. The van der Waals surface area contributed by atoms with Crippen molar-refractivity contribution in [3.05, 3.63) is 0 Å². The van der Waals surface area contributed by atoms with E-state index in [1.165, 1.54) is 41.5 Å². The first-order chi connectivity index (χ1) is 52.3. The summed E-state index contributed by atoms with van der Waals surface area (Å²) in [6.07, 6.45) is -90.5. The first-order valence-corrected chi connectivity index (χ1v) is 36.3. The fourth-order valence-electron chi connectivity index (χ4n) is 14.9. The number of hydrogen-bond donors (Lipinski definition) is 26. The number of carbonyl (C=O) groups excluding carboxylic acids is 2. The van der Waals surface area contributed by atoms with Crippen LogP contribution in [0.15, 0.2) is 0 Å². The molecule has 10 rings (SSSR count). The summed E-state index contributed by atoms with van der Waals surface area (Å²) in [4.78, 5) is 25.5. The molecule has 50 atom stereocenters. The third-order valence-electron chi connectivity index (χ3n) is 21.4. The van der Waals surface area contributed by atoms with Gasteiger partial charge in [0.2, 0.25) is 11.8 Å². The summed E-state index contributed by atoms with van der Waals surface area (Å²) < 4.78 is 113. The summed E-state index contributed by atoms with van der Waals surface area (Å²) in [7, 11) is 0. The van der Waals surface area contributed by atoms with Crippen LogP contribution in [0.3, 0.4) is 0 Å². The second-order valence-corrected chi connectivity index (χ2v) is 29.4. The van der Waals surface area contributed by atoms with Gasteiger partial charge in [0.15, 0.2) is 62.9 Å². The molecule has 0 bridgehead atoms. The topological polar surface area (TPSA) is 719 Å². The van der Waals surface area contributed by atoms with E-state index in [2.05, 4.69) is 10.6 Å². The molecule has 0 aromatic heterocycles. The van der Waals surface area contributed by atoms with E-state index in [4.69, 9.17) is 90.0 Å². The number of carbonyl (C=O) groups is 2. The van der Waals surface area contributed by atoms with E-state index in [0.29, 0.717) is 0 Å². The van der Waals surface area contributed by atoms with E-state index >= 15 is 0 Å². The largest absolute Gasteiger partial charge is 0.394 e. The van der Waals surface area contributed by atoms with Crippen LogP contribution in [0.2, 0.25) is 0 Å². The molecule has 2 amide bonds. The van der Waals surface area contributed by atoms with Gasteiger partial charge < -0.3 is 223 Å². The SMILES string of the molecule is CC(=O)N[C@H]1[C@H](O[C@H]2[C@H](O[C@H]3[C@H](O[C@@H]4[C@@H](O)[C@@H](O[C@@H]5[C@@H](O)[C@@H](O)[C@H](O[C@H]6[C@H](O)[C@@H](CO)O[C@@H](O[C@H]7[C@H](O[C@H]8[C@H](O[C@@H]9[C@@H](O)[C@@H](O[C@@H]%10[C@@H](O)[C@@H](O)[C@H](O)O[C@H]%10C)O[C@H](CO)[C@H]9O)O[C@@H](C)[C@H](O)[C@H]8O)O[C@@H](C)[C@H](O)[C@H]7O)[C@@H]6NC(C)=O)O[C@H]5C)O[C@H](CO)[C@H]4O)O[C@@H](C)[C@H](O)[C@H]3O)O[C@@H](C)[C@H](O)[C@H]2O)O[C@H](CO)[C@@H](O)[C@@H]1O. The van der Waals surface area contributed by atoms with E-state index in [1.807, 2.05) is 0 Å². The Morgan fingerprint density at radius 3 is 0.847 bits per heavy atom. The van der Waals surface area contributed by atoms with Gasteiger partial charge >= 0.3 is 0 Å². The third-order valence-corrected chi connectivity index (χ3v) is 21.4. The Labute approximate surface area is 631 Å². The number of aliphatic hydroxyl groups excluding tert-OH is 24. The summed E-state index contributed by atoms with van der Waals surface area (Å²) in [6, 6.07) is -3.49. The zero-order chi connectivity index (χ0) is 81.7. The van der Waals surface area contributed by atoms with E-state index in [-0.39, 0.29) is 0 Å². The molecule has 47 heteroatoms. The predicted molar refractivity (Wildman–Crippen MR) is 344 cm³/mol. The Kier molecular flexibility index (Phi) is 31.1. The molecule has 10 heterocycles.